The Morgan fingerprint density at radius 1 is 1.15 bits per heavy atom. The van der Waals surface area contributed by atoms with Gasteiger partial charge in [-0.15, -0.1) is 0 Å². The van der Waals surface area contributed by atoms with Gasteiger partial charge in [-0.05, 0) is 19.4 Å². The van der Waals surface area contributed by atoms with Gasteiger partial charge in [0.15, 0.2) is 0 Å². The summed E-state index contributed by atoms with van der Waals surface area (Å²) >= 11 is 0. The fourth-order valence-electron chi connectivity index (χ4n) is 2.05. The summed E-state index contributed by atoms with van der Waals surface area (Å²) in [5, 5.41) is 16.1. The highest BCUT2D eigenvalue weighted by Gasteiger charge is 2.26. The maximum Gasteiger partial charge on any atom is 0.132 e. The average Bonchev–Trinajstić information content (AvgIpc) is 2.47. The number of anilines is 2. The molecular weight excluding hydrogens is 252 g/mol. The molecule has 5 heteroatoms. The molecule has 0 saturated heterocycles. The van der Waals surface area contributed by atoms with E-state index >= 15 is 0 Å². The molecule has 0 aliphatic rings. The van der Waals surface area contributed by atoms with Gasteiger partial charge in [-0.3, -0.25) is 0 Å². The standard InChI is InChI=1S/C15H20N4O/c1-11-17-13(16-3)9-14(18-11)19-15(2,10-20)12-7-5-4-6-8-12/h4-9,20H,10H2,1-3H3,(H2,16,17,18,19). The SMILES string of the molecule is CNc1cc(NC(C)(CO)c2ccccc2)nc(C)n1. The maximum atomic E-state index is 9.77. The van der Waals surface area contributed by atoms with Crippen LogP contribution in [0.1, 0.15) is 18.3 Å². The molecule has 1 aromatic heterocycles. The lowest BCUT2D eigenvalue weighted by molar-refractivity contribution is 0.223. The first-order valence-corrected chi connectivity index (χ1v) is 6.55. The number of benzene rings is 1. The minimum Gasteiger partial charge on any atom is -0.394 e. The fraction of sp³-hybridized carbons (Fsp3) is 0.333. The molecule has 0 amide bonds. The summed E-state index contributed by atoms with van der Waals surface area (Å²) in [5.41, 5.74) is 0.414. The zero-order valence-corrected chi connectivity index (χ0v) is 12.0. The Morgan fingerprint density at radius 3 is 2.40 bits per heavy atom. The zero-order valence-electron chi connectivity index (χ0n) is 12.0. The van der Waals surface area contributed by atoms with Crippen LogP contribution in [0, 0.1) is 6.92 Å². The summed E-state index contributed by atoms with van der Waals surface area (Å²) < 4.78 is 0. The van der Waals surface area contributed by atoms with Crippen molar-refractivity contribution in [3.8, 4) is 0 Å². The van der Waals surface area contributed by atoms with Gasteiger partial charge in [0.1, 0.15) is 17.5 Å². The normalized spacial score (nSPS) is 13.6. The van der Waals surface area contributed by atoms with Crippen molar-refractivity contribution in [2.24, 2.45) is 0 Å². The number of nitrogens with zero attached hydrogens (tertiary/aromatic N) is 2. The number of rotatable bonds is 5. The van der Waals surface area contributed by atoms with E-state index in [-0.39, 0.29) is 6.61 Å². The number of aliphatic hydroxyl groups is 1. The highest BCUT2D eigenvalue weighted by molar-refractivity contribution is 5.50. The van der Waals surface area contributed by atoms with Crippen LogP contribution in [0.4, 0.5) is 11.6 Å². The van der Waals surface area contributed by atoms with Crippen molar-refractivity contribution in [2.75, 3.05) is 24.3 Å². The van der Waals surface area contributed by atoms with Crippen molar-refractivity contribution in [2.45, 2.75) is 19.4 Å². The molecule has 0 bridgehead atoms. The smallest absolute Gasteiger partial charge is 0.132 e. The lowest BCUT2D eigenvalue weighted by atomic mass is 9.93. The van der Waals surface area contributed by atoms with E-state index in [9.17, 15) is 5.11 Å². The van der Waals surface area contributed by atoms with Crippen molar-refractivity contribution >= 4 is 11.6 Å². The first-order valence-electron chi connectivity index (χ1n) is 6.55. The summed E-state index contributed by atoms with van der Waals surface area (Å²) in [6.45, 7) is 3.75. The molecule has 5 nitrogen and oxygen atoms in total. The monoisotopic (exact) mass is 272 g/mol. The van der Waals surface area contributed by atoms with Crippen LogP contribution in [0.3, 0.4) is 0 Å². The molecule has 20 heavy (non-hydrogen) atoms. The van der Waals surface area contributed by atoms with Crippen molar-refractivity contribution in [1.29, 1.82) is 0 Å². The minimum atomic E-state index is -0.590. The van der Waals surface area contributed by atoms with E-state index in [1.807, 2.05) is 57.3 Å². The Labute approximate surface area is 119 Å². The van der Waals surface area contributed by atoms with Gasteiger partial charge in [0.25, 0.3) is 0 Å². The van der Waals surface area contributed by atoms with E-state index in [1.165, 1.54) is 0 Å². The van der Waals surface area contributed by atoms with Gasteiger partial charge in [-0.25, -0.2) is 9.97 Å². The summed E-state index contributed by atoms with van der Waals surface area (Å²) in [4.78, 5) is 8.62. The van der Waals surface area contributed by atoms with Crippen LogP contribution in [0.5, 0.6) is 0 Å². The molecule has 0 saturated carbocycles. The zero-order chi connectivity index (χ0) is 14.6. The predicted molar refractivity (Wildman–Crippen MR) is 80.8 cm³/mol. The molecule has 0 spiro atoms. The molecule has 2 aromatic rings. The average molecular weight is 272 g/mol. The second kappa shape index (κ2) is 5.88. The van der Waals surface area contributed by atoms with Gasteiger partial charge in [-0.1, -0.05) is 30.3 Å². The summed E-state index contributed by atoms with van der Waals surface area (Å²) in [5.74, 6) is 2.10. The Bertz CT molecular complexity index is 573. The molecular formula is C15H20N4O. The third-order valence-electron chi connectivity index (χ3n) is 3.23. The van der Waals surface area contributed by atoms with Crippen LogP contribution in [0.2, 0.25) is 0 Å². The molecule has 0 aliphatic heterocycles. The van der Waals surface area contributed by atoms with Crippen LogP contribution in [0.25, 0.3) is 0 Å². The van der Waals surface area contributed by atoms with Gasteiger partial charge in [0, 0.05) is 13.1 Å². The number of hydrogen-bond acceptors (Lipinski definition) is 5. The molecule has 1 atom stereocenters. The third kappa shape index (κ3) is 3.05. The van der Waals surface area contributed by atoms with E-state index in [1.54, 1.807) is 0 Å². The molecule has 1 heterocycles. The Hall–Kier alpha value is -2.14. The van der Waals surface area contributed by atoms with Gasteiger partial charge in [0.05, 0.1) is 12.1 Å². The van der Waals surface area contributed by atoms with Crippen molar-refractivity contribution in [3.63, 3.8) is 0 Å². The lowest BCUT2D eigenvalue weighted by Crippen LogP contribution is -2.36. The van der Waals surface area contributed by atoms with Crippen LogP contribution in [-0.2, 0) is 5.54 Å². The van der Waals surface area contributed by atoms with Crippen LogP contribution >= 0.6 is 0 Å². The quantitative estimate of drug-likeness (QED) is 0.778. The Kier molecular flexibility index (Phi) is 4.20. The maximum absolute atomic E-state index is 9.77. The highest BCUT2D eigenvalue weighted by Crippen LogP contribution is 2.25. The van der Waals surface area contributed by atoms with Crippen molar-refractivity contribution < 1.29 is 5.11 Å². The number of aromatic nitrogens is 2. The van der Waals surface area contributed by atoms with Crippen LogP contribution in [-0.4, -0.2) is 28.7 Å². The second-order valence-corrected chi connectivity index (χ2v) is 4.92. The molecule has 3 N–H and O–H groups in total. The Balaban J connectivity index is 2.33. The summed E-state index contributed by atoms with van der Waals surface area (Å²) in [7, 11) is 1.81. The molecule has 0 radical (unpaired) electrons. The molecule has 2 rings (SSSR count). The van der Waals surface area contributed by atoms with Gasteiger partial charge < -0.3 is 15.7 Å². The third-order valence-corrected chi connectivity index (χ3v) is 3.23. The van der Waals surface area contributed by atoms with Crippen molar-refractivity contribution in [3.05, 3.63) is 47.8 Å². The van der Waals surface area contributed by atoms with E-state index in [0.29, 0.717) is 11.6 Å². The number of nitrogens with one attached hydrogen (secondary N) is 2. The molecule has 0 fully saturated rings. The van der Waals surface area contributed by atoms with Gasteiger partial charge in [0.2, 0.25) is 0 Å². The number of aryl methyl sites for hydroxylation is 1. The van der Waals surface area contributed by atoms with Crippen LogP contribution in [0.15, 0.2) is 36.4 Å². The van der Waals surface area contributed by atoms with Gasteiger partial charge >= 0.3 is 0 Å². The van der Waals surface area contributed by atoms with E-state index in [2.05, 4.69) is 20.6 Å². The predicted octanol–water partition coefficient (Wildman–Crippen LogP) is 2.15. The number of hydrogen-bond donors (Lipinski definition) is 3. The number of aliphatic hydroxyl groups excluding tert-OH is 1. The summed E-state index contributed by atoms with van der Waals surface area (Å²) in [6.07, 6.45) is 0. The molecule has 106 valence electrons. The largest absolute Gasteiger partial charge is 0.394 e. The van der Waals surface area contributed by atoms with E-state index < -0.39 is 5.54 Å². The topological polar surface area (TPSA) is 70.1 Å². The lowest BCUT2D eigenvalue weighted by Gasteiger charge is -2.30. The first-order chi connectivity index (χ1) is 9.57. The molecule has 1 unspecified atom stereocenters. The Morgan fingerprint density at radius 2 is 1.80 bits per heavy atom. The first kappa shape index (κ1) is 14.3. The van der Waals surface area contributed by atoms with Gasteiger partial charge in [-0.2, -0.15) is 0 Å². The van der Waals surface area contributed by atoms with Crippen molar-refractivity contribution in [1.82, 2.24) is 9.97 Å². The molecule has 1 aromatic carbocycles. The highest BCUT2D eigenvalue weighted by atomic mass is 16.3. The second-order valence-electron chi connectivity index (χ2n) is 4.92. The van der Waals surface area contributed by atoms with E-state index in [0.717, 1.165) is 11.4 Å². The fourth-order valence-corrected chi connectivity index (χ4v) is 2.05. The minimum absolute atomic E-state index is 0.0328. The summed E-state index contributed by atoms with van der Waals surface area (Å²) in [6, 6.07) is 11.6. The van der Waals surface area contributed by atoms with Crippen LogP contribution < -0.4 is 10.6 Å². The molecule has 0 aliphatic carbocycles. The van der Waals surface area contributed by atoms with E-state index in [4.69, 9.17) is 0 Å².